The molecule has 15 heavy (non-hydrogen) atoms. The van der Waals surface area contributed by atoms with E-state index in [-0.39, 0.29) is 23.4 Å². The lowest BCUT2D eigenvalue weighted by molar-refractivity contribution is 0.0998. The van der Waals surface area contributed by atoms with Crippen molar-refractivity contribution >= 4 is 5.78 Å². The van der Waals surface area contributed by atoms with Crippen molar-refractivity contribution in [1.29, 1.82) is 0 Å². The van der Waals surface area contributed by atoms with Gasteiger partial charge in [-0.2, -0.15) is 0 Å². The molecule has 0 saturated heterocycles. The van der Waals surface area contributed by atoms with E-state index >= 15 is 0 Å². The first-order valence-corrected chi connectivity index (χ1v) is 4.29. The van der Waals surface area contributed by atoms with E-state index in [1.165, 1.54) is 19.2 Å². The highest BCUT2D eigenvalue weighted by Crippen LogP contribution is 2.26. The summed E-state index contributed by atoms with van der Waals surface area (Å²) < 4.78 is 29.6. The van der Waals surface area contributed by atoms with Crippen LogP contribution in [0.2, 0.25) is 0 Å². The number of alkyl halides is 2. The zero-order valence-electron chi connectivity index (χ0n) is 8.17. The average molecular weight is 215 g/mol. The van der Waals surface area contributed by atoms with Crippen LogP contribution in [-0.4, -0.2) is 19.4 Å². The quantitative estimate of drug-likeness (QED) is 0.779. The maximum Gasteiger partial charge on any atom is 0.263 e. The summed E-state index contributed by atoms with van der Waals surface area (Å²) in [7, 11) is 1.37. The van der Waals surface area contributed by atoms with Crippen molar-refractivity contribution in [3.05, 3.63) is 29.3 Å². The minimum absolute atomic E-state index is 0.0952. The van der Waals surface area contributed by atoms with Crippen LogP contribution in [0.15, 0.2) is 18.2 Å². The summed E-state index contributed by atoms with van der Waals surface area (Å²) in [5.41, 5.74) is 5.04. The summed E-state index contributed by atoms with van der Waals surface area (Å²) in [5, 5.41) is 0. The zero-order chi connectivity index (χ0) is 11.4. The van der Waals surface area contributed by atoms with Crippen LogP contribution in [0.25, 0.3) is 0 Å². The van der Waals surface area contributed by atoms with E-state index in [4.69, 9.17) is 10.5 Å². The third-order valence-corrected chi connectivity index (χ3v) is 1.96. The molecule has 0 unspecified atom stereocenters. The van der Waals surface area contributed by atoms with Crippen molar-refractivity contribution in [3.63, 3.8) is 0 Å². The van der Waals surface area contributed by atoms with Crippen LogP contribution >= 0.6 is 0 Å². The normalized spacial score (nSPS) is 10.5. The minimum atomic E-state index is -2.61. The van der Waals surface area contributed by atoms with Gasteiger partial charge in [0.05, 0.1) is 19.2 Å². The summed E-state index contributed by atoms with van der Waals surface area (Å²) >= 11 is 0. The average Bonchev–Trinajstić information content (AvgIpc) is 2.27. The molecule has 1 rings (SSSR count). The van der Waals surface area contributed by atoms with Crippen LogP contribution in [0.5, 0.6) is 5.75 Å². The molecule has 1 aromatic rings. The summed E-state index contributed by atoms with van der Waals surface area (Å²) in [5.74, 6) is -0.163. The van der Waals surface area contributed by atoms with Crippen molar-refractivity contribution in [2.45, 2.75) is 6.43 Å². The van der Waals surface area contributed by atoms with Crippen LogP contribution < -0.4 is 10.5 Å². The van der Waals surface area contributed by atoms with E-state index in [1.54, 1.807) is 0 Å². The van der Waals surface area contributed by atoms with Crippen LogP contribution in [0.3, 0.4) is 0 Å². The summed E-state index contributed by atoms with van der Waals surface area (Å²) in [6, 6.07) is 3.67. The second-order valence-electron chi connectivity index (χ2n) is 2.89. The zero-order valence-corrected chi connectivity index (χ0v) is 8.17. The third kappa shape index (κ3) is 2.50. The van der Waals surface area contributed by atoms with Gasteiger partial charge in [-0.1, -0.05) is 0 Å². The lowest BCUT2D eigenvalue weighted by atomic mass is 10.1. The highest BCUT2D eigenvalue weighted by molar-refractivity contribution is 6.00. The Kier molecular flexibility index (Phi) is 3.74. The molecule has 0 amide bonds. The van der Waals surface area contributed by atoms with Gasteiger partial charge >= 0.3 is 0 Å². The Morgan fingerprint density at radius 3 is 2.67 bits per heavy atom. The van der Waals surface area contributed by atoms with Gasteiger partial charge in [-0.25, -0.2) is 8.78 Å². The molecule has 1 aromatic carbocycles. The topological polar surface area (TPSA) is 52.3 Å². The highest BCUT2D eigenvalue weighted by Gasteiger charge is 2.15. The molecule has 3 nitrogen and oxygen atoms in total. The number of Topliss-reactive ketones (excluding diaryl/α,β-unsaturated/α-hetero) is 1. The SMILES string of the molecule is COc1ccc(C(F)F)cc1C(=O)CN. The molecule has 5 heteroatoms. The van der Waals surface area contributed by atoms with Gasteiger partial charge in [0.25, 0.3) is 6.43 Å². The Bertz CT molecular complexity index is 366. The standard InChI is InChI=1S/C10H11F2NO2/c1-15-9-3-2-6(10(11)12)4-7(9)8(14)5-13/h2-4,10H,5,13H2,1H3. The van der Waals surface area contributed by atoms with Crippen LogP contribution in [0.1, 0.15) is 22.3 Å². The number of hydrogen-bond acceptors (Lipinski definition) is 3. The molecule has 0 bridgehead atoms. The molecule has 0 saturated carbocycles. The molecule has 0 spiro atoms. The van der Waals surface area contributed by atoms with Crippen LogP contribution in [0, 0.1) is 0 Å². The summed E-state index contributed by atoms with van der Waals surface area (Å²) in [4.78, 5) is 11.3. The predicted molar refractivity (Wildman–Crippen MR) is 51.3 cm³/mol. The van der Waals surface area contributed by atoms with Crippen molar-refractivity contribution in [2.24, 2.45) is 5.73 Å². The van der Waals surface area contributed by atoms with Crippen molar-refractivity contribution in [2.75, 3.05) is 13.7 Å². The lowest BCUT2D eigenvalue weighted by Gasteiger charge is -2.08. The summed E-state index contributed by atoms with van der Waals surface area (Å²) in [6.45, 7) is -0.233. The fraction of sp³-hybridized carbons (Fsp3) is 0.300. The summed E-state index contributed by atoms with van der Waals surface area (Å²) in [6.07, 6.45) is -2.61. The fourth-order valence-electron chi connectivity index (χ4n) is 1.19. The number of rotatable bonds is 4. The number of benzene rings is 1. The first kappa shape index (κ1) is 11.6. The number of ketones is 1. The van der Waals surface area contributed by atoms with Crippen LogP contribution in [-0.2, 0) is 0 Å². The highest BCUT2D eigenvalue weighted by atomic mass is 19.3. The number of ether oxygens (including phenoxy) is 1. The molecule has 0 aliphatic rings. The molecular weight excluding hydrogens is 204 g/mol. The van der Waals surface area contributed by atoms with E-state index in [2.05, 4.69) is 0 Å². The number of carbonyl (C=O) groups excluding carboxylic acids is 1. The van der Waals surface area contributed by atoms with Crippen molar-refractivity contribution in [3.8, 4) is 5.75 Å². The van der Waals surface area contributed by atoms with Gasteiger partial charge in [-0.3, -0.25) is 4.79 Å². The van der Waals surface area contributed by atoms with Gasteiger partial charge in [0.1, 0.15) is 5.75 Å². The molecule has 0 radical (unpaired) electrons. The van der Waals surface area contributed by atoms with E-state index in [9.17, 15) is 13.6 Å². The van der Waals surface area contributed by atoms with Gasteiger partial charge in [0.2, 0.25) is 0 Å². The molecule has 0 heterocycles. The Morgan fingerprint density at radius 2 is 2.20 bits per heavy atom. The third-order valence-electron chi connectivity index (χ3n) is 1.96. The van der Waals surface area contributed by atoms with Gasteiger partial charge < -0.3 is 10.5 Å². The smallest absolute Gasteiger partial charge is 0.263 e. The molecule has 0 aromatic heterocycles. The molecule has 0 fully saturated rings. The number of methoxy groups -OCH3 is 1. The molecule has 0 aliphatic carbocycles. The van der Waals surface area contributed by atoms with Gasteiger partial charge in [0, 0.05) is 5.56 Å². The largest absolute Gasteiger partial charge is 0.496 e. The van der Waals surface area contributed by atoms with Crippen molar-refractivity contribution in [1.82, 2.24) is 0 Å². The predicted octanol–water partition coefficient (Wildman–Crippen LogP) is 1.77. The van der Waals surface area contributed by atoms with Gasteiger partial charge in [-0.15, -0.1) is 0 Å². The monoisotopic (exact) mass is 215 g/mol. The van der Waals surface area contributed by atoms with Gasteiger partial charge in [0.15, 0.2) is 5.78 Å². The minimum Gasteiger partial charge on any atom is -0.496 e. The molecule has 82 valence electrons. The second-order valence-corrected chi connectivity index (χ2v) is 2.89. The van der Waals surface area contributed by atoms with E-state index in [0.717, 1.165) is 6.07 Å². The molecule has 0 atom stereocenters. The van der Waals surface area contributed by atoms with Gasteiger partial charge in [-0.05, 0) is 18.2 Å². The first-order chi connectivity index (χ1) is 7.10. The molecule has 2 N–H and O–H groups in total. The second kappa shape index (κ2) is 4.84. The maximum atomic E-state index is 12.4. The Balaban J connectivity index is 3.19. The van der Waals surface area contributed by atoms with E-state index < -0.39 is 12.2 Å². The van der Waals surface area contributed by atoms with E-state index in [1.807, 2.05) is 0 Å². The molecule has 0 aliphatic heterocycles. The van der Waals surface area contributed by atoms with E-state index in [0.29, 0.717) is 0 Å². The maximum absolute atomic E-state index is 12.4. The number of halogens is 2. The van der Waals surface area contributed by atoms with Crippen LogP contribution in [0.4, 0.5) is 8.78 Å². The fourth-order valence-corrected chi connectivity index (χ4v) is 1.19. The number of carbonyl (C=O) groups is 1. The first-order valence-electron chi connectivity index (χ1n) is 4.29. The molecular formula is C10H11F2NO2. The Labute approximate surface area is 85.8 Å². The number of hydrogen-bond donors (Lipinski definition) is 1. The lowest BCUT2D eigenvalue weighted by Crippen LogP contribution is -2.14. The Hall–Kier alpha value is -1.49. The Morgan fingerprint density at radius 1 is 1.53 bits per heavy atom. The van der Waals surface area contributed by atoms with Crippen molar-refractivity contribution < 1.29 is 18.3 Å². The number of nitrogens with two attached hydrogens (primary N) is 1.